The van der Waals surface area contributed by atoms with Gasteiger partial charge < -0.3 is 14.9 Å². The lowest BCUT2D eigenvalue weighted by atomic mass is 9.94. The molecule has 0 radical (unpaired) electrons. The van der Waals surface area contributed by atoms with E-state index < -0.39 is 17.7 Å². The van der Waals surface area contributed by atoms with Crippen molar-refractivity contribution in [1.29, 1.82) is 0 Å². The number of benzene rings is 2. The maximum Gasteiger partial charge on any atom is 0.378 e. The molecule has 36 heavy (non-hydrogen) atoms. The standard InChI is InChI=1S/C27H22FN3O5/c1-3-19-21(12-17-6-4-5-7-20(17)16-8-10-18(28)11-9-16)31-13-15(2)30-27(36-22(33)14-32)24(31)23(19)25(34)26(29)35/h4-11,13-14H,3,12H2,1-2H3,(H2,29,35). The highest BCUT2D eigenvalue weighted by atomic mass is 19.1. The Morgan fingerprint density at radius 2 is 1.81 bits per heavy atom. The van der Waals surface area contributed by atoms with Gasteiger partial charge in [0.25, 0.3) is 11.7 Å². The van der Waals surface area contributed by atoms with Gasteiger partial charge in [-0.2, -0.15) is 0 Å². The molecule has 0 unspecified atom stereocenters. The van der Waals surface area contributed by atoms with E-state index in [0.29, 0.717) is 29.8 Å². The zero-order valence-corrected chi connectivity index (χ0v) is 19.6. The van der Waals surface area contributed by atoms with Crippen LogP contribution in [0.1, 0.15) is 39.8 Å². The monoisotopic (exact) mass is 487 g/mol. The summed E-state index contributed by atoms with van der Waals surface area (Å²) in [6, 6.07) is 13.7. The Balaban J connectivity index is 2.00. The Kier molecular flexibility index (Phi) is 6.73. The molecular formula is C27H22FN3O5. The lowest BCUT2D eigenvalue weighted by Gasteiger charge is -2.12. The third kappa shape index (κ3) is 4.50. The molecule has 0 aliphatic heterocycles. The van der Waals surface area contributed by atoms with Gasteiger partial charge in [-0.25, -0.2) is 14.2 Å². The van der Waals surface area contributed by atoms with Crippen LogP contribution >= 0.6 is 0 Å². The zero-order valence-electron chi connectivity index (χ0n) is 19.6. The van der Waals surface area contributed by atoms with Crippen molar-refractivity contribution in [3.05, 3.63) is 88.6 Å². The number of hydrogen-bond acceptors (Lipinski definition) is 6. The first kappa shape index (κ1) is 24.5. The van der Waals surface area contributed by atoms with Crippen molar-refractivity contribution in [1.82, 2.24) is 9.38 Å². The lowest BCUT2D eigenvalue weighted by molar-refractivity contribution is -0.141. The quantitative estimate of drug-likeness (QED) is 0.176. The Labute approximate surface area is 205 Å². The fraction of sp³-hybridized carbons (Fsp3) is 0.148. The van der Waals surface area contributed by atoms with Crippen molar-refractivity contribution < 1.29 is 28.3 Å². The summed E-state index contributed by atoms with van der Waals surface area (Å²) in [5, 5.41) is 0. The molecule has 2 aromatic carbocycles. The van der Waals surface area contributed by atoms with Crippen LogP contribution in [-0.2, 0) is 27.2 Å². The van der Waals surface area contributed by atoms with Crippen molar-refractivity contribution >= 4 is 29.5 Å². The Morgan fingerprint density at radius 3 is 2.44 bits per heavy atom. The van der Waals surface area contributed by atoms with Crippen LogP contribution in [0.25, 0.3) is 16.6 Å². The molecule has 0 fully saturated rings. The summed E-state index contributed by atoms with van der Waals surface area (Å²) < 4.78 is 20.3. The van der Waals surface area contributed by atoms with E-state index >= 15 is 0 Å². The summed E-state index contributed by atoms with van der Waals surface area (Å²) in [5.74, 6) is -3.96. The second-order valence-electron chi connectivity index (χ2n) is 8.13. The summed E-state index contributed by atoms with van der Waals surface area (Å²) in [5.41, 5.74) is 9.56. The molecule has 1 amide bonds. The van der Waals surface area contributed by atoms with Crippen LogP contribution in [0.2, 0.25) is 0 Å². The maximum atomic E-state index is 13.5. The summed E-state index contributed by atoms with van der Waals surface area (Å²) in [6.07, 6.45) is 2.30. The highest BCUT2D eigenvalue weighted by Crippen LogP contribution is 2.34. The number of aldehydes is 1. The minimum absolute atomic E-state index is 0.0143. The van der Waals surface area contributed by atoms with Gasteiger partial charge in [0.2, 0.25) is 12.2 Å². The van der Waals surface area contributed by atoms with Gasteiger partial charge in [0.15, 0.2) is 0 Å². The molecule has 0 saturated carbocycles. The number of ketones is 1. The van der Waals surface area contributed by atoms with Gasteiger partial charge in [-0.05, 0) is 47.7 Å². The summed E-state index contributed by atoms with van der Waals surface area (Å²) in [6.45, 7) is 3.48. The topological polar surface area (TPSA) is 121 Å². The maximum absolute atomic E-state index is 13.5. The first-order valence-electron chi connectivity index (χ1n) is 11.1. The molecule has 0 aliphatic carbocycles. The van der Waals surface area contributed by atoms with Crippen LogP contribution in [0.15, 0.2) is 54.7 Å². The predicted octanol–water partition coefficient (Wildman–Crippen LogP) is 3.37. The molecule has 0 aliphatic rings. The number of nitrogens with zero attached hydrogens (tertiary/aromatic N) is 2. The van der Waals surface area contributed by atoms with E-state index in [-0.39, 0.29) is 29.1 Å². The molecule has 0 atom stereocenters. The van der Waals surface area contributed by atoms with E-state index in [1.807, 2.05) is 31.2 Å². The van der Waals surface area contributed by atoms with Crippen molar-refractivity contribution in [3.63, 3.8) is 0 Å². The number of aromatic nitrogens is 2. The van der Waals surface area contributed by atoms with E-state index in [1.54, 1.807) is 29.7 Å². The number of esters is 1. The fourth-order valence-electron chi connectivity index (χ4n) is 4.37. The molecule has 2 N–H and O–H groups in total. The third-order valence-corrected chi connectivity index (χ3v) is 5.84. The van der Waals surface area contributed by atoms with Gasteiger partial charge in [-0.1, -0.05) is 43.3 Å². The fourth-order valence-corrected chi connectivity index (χ4v) is 4.37. The van der Waals surface area contributed by atoms with E-state index in [9.17, 15) is 23.6 Å². The molecule has 4 rings (SSSR count). The molecule has 182 valence electrons. The van der Waals surface area contributed by atoms with Gasteiger partial charge in [-0.15, -0.1) is 0 Å². The number of halogens is 1. The summed E-state index contributed by atoms with van der Waals surface area (Å²) in [4.78, 5) is 51.8. The second kappa shape index (κ2) is 9.91. The Hall–Kier alpha value is -4.66. The number of aryl methyl sites for hydroxylation is 1. The average Bonchev–Trinajstić information content (AvgIpc) is 3.17. The highest BCUT2D eigenvalue weighted by molar-refractivity contribution is 6.44. The SMILES string of the molecule is CCc1c(C(=O)C(N)=O)c2c(OC(=O)C=O)nc(C)cn2c1Cc1ccccc1-c1ccc(F)cc1. The Morgan fingerprint density at radius 1 is 1.11 bits per heavy atom. The zero-order chi connectivity index (χ0) is 26.0. The normalized spacial score (nSPS) is 10.9. The number of hydrogen-bond donors (Lipinski definition) is 1. The minimum Gasteiger partial charge on any atom is -0.400 e. The van der Waals surface area contributed by atoms with Crippen LogP contribution in [0.4, 0.5) is 4.39 Å². The summed E-state index contributed by atoms with van der Waals surface area (Å²) >= 11 is 0. The molecule has 0 spiro atoms. The number of carbonyl (C=O) groups is 4. The molecule has 2 aromatic heterocycles. The van der Waals surface area contributed by atoms with Gasteiger partial charge in [-0.3, -0.25) is 14.4 Å². The highest BCUT2D eigenvalue weighted by Gasteiger charge is 2.29. The van der Waals surface area contributed by atoms with Crippen LogP contribution in [0.3, 0.4) is 0 Å². The molecule has 2 heterocycles. The summed E-state index contributed by atoms with van der Waals surface area (Å²) in [7, 11) is 0. The first-order valence-corrected chi connectivity index (χ1v) is 11.1. The van der Waals surface area contributed by atoms with E-state index in [1.165, 1.54) is 12.1 Å². The van der Waals surface area contributed by atoms with E-state index in [4.69, 9.17) is 10.5 Å². The van der Waals surface area contributed by atoms with Gasteiger partial charge in [0, 0.05) is 18.3 Å². The average molecular weight is 487 g/mol. The van der Waals surface area contributed by atoms with Crippen LogP contribution in [-0.4, -0.2) is 33.3 Å². The molecule has 8 nitrogen and oxygen atoms in total. The first-order chi connectivity index (χ1) is 17.2. The van der Waals surface area contributed by atoms with E-state index in [0.717, 1.165) is 16.7 Å². The number of Topliss-reactive ketones (excluding diaryl/α,β-unsaturated/α-hetero) is 1. The van der Waals surface area contributed by atoms with Crippen molar-refractivity contribution in [2.75, 3.05) is 0 Å². The number of nitrogens with two attached hydrogens (primary N) is 1. The Bertz CT molecular complexity index is 1520. The predicted molar refractivity (Wildman–Crippen MR) is 129 cm³/mol. The largest absolute Gasteiger partial charge is 0.400 e. The molecular weight excluding hydrogens is 465 g/mol. The number of rotatable bonds is 8. The lowest BCUT2D eigenvalue weighted by Crippen LogP contribution is -2.24. The molecule has 0 bridgehead atoms. The van der Waals surface area contributed by atoms with Gasteiger partial charge in [0.05, 0.1) is 11.3 Å². The van der Waals surface area contributed by atoms with Crippen LogP contribution < -0.4 is 10.5 Å². The number of ether oxygens (including phenoxy) is 1. The van der Waals surface area contributed by atoms with Gasteiger partial charge >= 0.3 is 5.97 Å². The van der Waals surface area contributed by atoms with E-state index in [2.05, 4.69) is 4.98 Å². The van der Waals surface area contributed by atoms with Crippen molar-refractivity contribution in [3.8, 4) is 17.0 Å². The molecule has 9 heteroatoms. The van der Waals surface area contributed by atoms with Gasteiger partial charge in [0.1, 0.15) is 11.3 Å². The smallest absolute Gasteiger partial charge is 0.378 e. The van der Waals surface area contributed by atoms with Crippen molar-refractivity contribution in [2.45, 2.75) is 26.7 Å². The number of primary amides is 1. The number of fused-ring (bicyclic) bond motifs is 1. The van der Waals surface area contributed by atoms with Crippen LogP contribution in [0, 0.1) is 12.7 Å². The number of amides is 1. The molecule has 0 saturated heterocycles. The molecule has 4 aromatic rings. The number of carbonyl (C=O) groups excluding carboxylic acids is 4. The minimum atomic E-state index is -1.20. The van der Waals surface area contributed by atoms with Crippen LogP contribution in [0.5, 0.6) is 5.88 Å². The second-order valence-corrected chi connectivity index (χ2v) is 8.13. The van der Waals surface area contributed by atoms with Crippen molar-refractivity contribution in [2.24, 2.45) is 5.73 Å². The third-order valence-electron chi connectivity index (χ3n) is 5.84.